The number of ether oxygens (including phenoxy) is 1. The number of piperazine rings is 1. The molecule has 9 heteroatoms. The third-order valence-electron chi connectivity index (χ3n) is 6.54. The molecule has 0 saturated carbocycles. The van der Waals surface area contributed by atoms with E-state index in [9.17, 15) is 4.79 Å². The molecular weight excluding hydrogens is 420 g/mol. The minimum absolute atomic E-state index is 0.123. The van der Waals surface area contributed by atoms with Gasteiger partial charge in [0.05, 0.1) is 13.7 Å². The van der Waals surface area contributed by atoms with Crippen LogP contribution in [0.4, 0.5) is 5.95 Å². The number of nitrogens with one attached hydrogen (secondary N) is 1. The standard InChI is InChI=1S/C24H28N6O3/c1-17-6-9-25-23(28-17)29-11-7-24(8-12-29)22(31)30(13-10-27-24)15-20-21(33-16-26-20)18-4-3-5-19(14-18)32-2/h3-6,9,14,16,27H,7-8,10-13,15H2,1-2H3. The second kappa shape index (κ2) is 8.82. The third-order valence-corrected chi connectivity index (χ3v) is 6.54. The van der Waals surface area contributed by atoms with E-state index < -0.39 is 5.54 Å². The van der Waals surface area contributed by atoms with Crippen molar-refractivity contribution in [3.05, 3.63) is 54.3 Å². The van der Waals surface area contributed by atoms with Crippen LogP contribution < -0.4 is 15.0 Å². The number of hydrogen-bond acceptors (Lipinski definition) is 8. The highest BCUT2D eigenvalue weighted by molar-refractivity contribution is 5.87. The van der Waals surface area contributed by atoms with E-state index in [1.165, 1.54) is 6.39 Å². The lowest BCUT2D eigenvalue weighted by atomic mass is 9.84. The van der Waals surface area contributed by atoms with Crippen molar-refractivity contribution in [2.45, 2.75) is 31.8 Å². The predicted octanol–water partition coefficient (Wildman–Crippen LogP) is 2.42. The fraction of sp³-hybridized carbons (Fsp3) is 0.417. The summed E-state index contributed by atoms with van der Waals surface area (Å²) in [6, 6.07) is 9.56. The first kappa shape index (κ1) is 21.4. The normalized spacial score (nSPS) is 18.1. The molecule has 0 atom stereocenters. The largest absolute Gasteiger partial charge is 0.497 e. The summed E-state index contributed by atoms with van der Waals surface area (Å²) in [6.45, 7) is 5.22. The molecular formula is C24H28N6O3. The van der Waals surface area contributed by atoms with Gasteiger partial charge < -0.3 is 24.3 Å². The topological polar surface area (TPSA) is 96.6 Å². The number of amides is 1. The number of oxazole rings is 1. The van der Waals surface area contributed by atoms with Gasteiger partial charge in [0, 0.05) is 43.6 Å². The predicted molar refractivity (Wildman–Crippen MR) is 123 cm³/mol. The Morgan fingerprint density at radius 1 is 1.18 bits per heavy atom. The van der Waals surface area contributed by atoms with Crippen molar-refractivity contribution in [2.75, 3.05) is 38.2 Å². The van der Waals surface area contributed by atoms with Crippen molar-refractivity contribution >= 4 is 11.9 Å². The van der Waals surface area contributed by atoms with Crippen LogP contribution in [-0.4, -0.2) is 64.6 Å². The molecule has 2 aromatic heterocycles. The Hall–Kier alpha value is -3.46. The Bertz CT molecular complexity index is 1140. The monoisotopic (exact) mass is 448 g/mol. The lowest BCUT2D eigenvalue weighted by molar-refractivity contribution is -0.143. The van der Waals surface area contributed by atoms with Crippen molar-refractivity contribution in [1.82, 2.24) is 25.2 Å². The molecule has 33 heavy (non-hydrogen) atoms. The minimum Gasteiger partial charge on any atom is -0.497 e. The minimum atomic E-state index is -0.557. The van der Waals surface area contributed by atoms with E-state index in [2.05, 4.69) is 25.2 Å². The fourth-order valence-electron chi connectivity index (χ4n) is 4.69. The Morgan fingerprint density at radius 3 is 2.82 bits per heavy atom. The van der Waals surface area contributed by atoms with E-state index in [1.54, 1.807) is 13.3 Å². The van der Waals surface area contributed by atoms with Crippen LogP contribution in [0.3, 0.4) is 0 Å². The van der Waals surface area contributed by atoms with Crippen LogP contribution in [0.1, 0.15) is 24.2 Å². The Balaban J connectivity index is 1.30. The molecule has 1 aromatic carbocycles. The molecule has 4 heterocycles. The van der Waals surface area contributed by atoms with Gasteiger partial charge in [-0.2, -0.15) is 0 Å². The van der Waals surface area contributed by atoms with E-state index in [1.807, 2.05) is 42.2 Å². The van der Waals surface area contributed by atoms with Crippen LogP contribution in [0.2, 0.25) is 0 Å². The molecule has 1 N–H and O–H groups in total. The van der Waals surface area contributed by atoms with Crippen LogP contribution in [-0.2, 0) is 11.3 Å². The number of aromatic nitrogens is 3. The van der Waals surface area contributed by atoms with E-state index >= 15 is 0 Å². The fourth-order valence-corrected chi connectivity index (χ4v) is 4.69. The number of carbonyl (C=O) groups is 1. The maximum absolute atomic E-state index is 13.6. The van der Waals surface area contributed by atoms with Gasteiger partial charge in [-0.25, -0.2) is 15.0 Å². The van der Waals surface area contributed by atoms with Gasteiger partial charge in [0.25, 0.3) is 0 Å². The maximum atomic E-state index is 13.6. The van der Waals surface area contributed by atoms with Gasteiger partial charge in [-0.05, 0) is 38.0 Å². The number of aryl methyl sites for hydroxylation is 1. The number of benzene rings is 1. The second-order valence-electron chi connectivity index (χ2n) is 8.58. The van der Waals surface area contributed by atoms with Gasteiger partial charge in [0.2, 0.25) is 11.9 Å². The number of rotatable bonds is 5. The molecule has 2 aliphatic rings. The number of carbonyl (C=O) groups excluding carboxylic acids is 1. The highest BCUT2D eigenvalue weighted by Gasteiger charge is 2.46. The van der Waals surface area contributed by atoms with Gasteiger partial charge in [0.1, 0.15) is 17.0 Å². The molecule has 1 spiro atoms. The lowest BCUT2D eigenvalue weighted by Gasteiger charge is -2.46. The average Bonchev–Trinajstić information content (AvgIpc) is 3.31. The molecule has 0 bridgehead atoms. The summed E-state index contributed by atoms with van der Waals surface area (Å²) in [6.07, 6.45) is 4.64. The molecule has 0 aliphatic carbocycles. The summed E-state index contributed by atoms with van der Waals surface area (Å²) in [7, 11) is 1.63. The van der Waals surface area contributed by atoms with Crippen molar-refractivity contribution in [3.8, 4) is 17.1 Å². The van der Waals surface area contributed by atoms with E-state index in [0.717, 1.165) is 48.3 Å². The Labute approximate surface area is 192 Å². The number of nitrogens with zero attached hydrogens (tertiary/aromatic N) is 5. The zero-order valence-electron chi connectivity index (χ0n) is 19.0. The molecule has 5 rings (SSSR count). The number of anilines is 1. The van der Waals surface area contributed by atoms with Gasteiger partial charge in [-0.3, -0.25) is 4.79 Å². The average molecular weight is 449 g/mol. The molecule has 2 saturated heterocycles. The SMILES string of the molecule is COc1cccc(-c2ocnc2CN2CCNC3(CCN(c4nccc(C)n4)CC3)C2=O)c1. The maximum Gasteiger partial charge on any atom is 0.243 e. The summed E-state index contributed by atoms with van der Waals surface area (Å²) in [5.74, 6) is 2.27. The molecule has 1 amide bonds. The molecule has 172 valence electrons. The summed E-state index contributed by atoms with van der Waals surface area (Å²) < 4.78 is 11.0. The molecule has 3 aromatic rings. The Morgan fingerprint density at radius 2 is 2.03 bits per heavy atom. The summed E-state index contributed by atoms with van der Waals surface area (Å²) in [4.78, 5) is 31.0. The second-order valence-corrected chi connectivity index (χ2v) is 8.58. The Kier molecular flexibility index (Phi) is 5.72. The smallest absolute Gasteiger partial charge is 0.243 e. The van der Waals surface area contributed by atoms with E-state index in [-0.39, 0.29) is 5.91 Å². The van der Waals surface area contributed by atoms with Gasteiger partial charge in [0.15, 0.2) is 12.2 Å². The molecule has 0 radical (unpaired) electrons. The van der Waals surface area contributed by atoms with Crippen molar-refractivity contribution in [2.24, 2.45) is 0 Å². The van der Waals surface area contributed by atoms with Crippen LogP contribution in [0.15, 0.2) is 47.3 Å². The van der Waals surface area contributed by atoms with E-state index in [0.29, 0.717) is 31.7 Å². The zero-order valence-corrected chi connectivity index (χ0v) is 19.0. The van der Waals surface area contributed by atoms with Crippen LogP contribution in [0, 0.1) is 6.92 Å². The lowest BCUT2D eigenvalue weighted by Crippen LogP contribution is -2.67. The number of methoxy groups -OCH3 is 1. The third kappa shape index (κ3) is 4.16. The van der Waals surface area contributed by atoms with Crippen LogP contribution in [0.5, 0.6) is 5.75 Å². The molecule has 0 unspecified atom stereocenters. The van der Waals surface area contributed by atoms with Crippen molar-refractivity contribution < 1.29 is 13.9 Å². The van der Waals surface area contributed by atoms with E-state index in [4.69, 9.17) is 9.15 Å². The van der Waals surface area contributed by atoms with Crippen LogP contribution in [0.25, 0.3) is 11.3 Å². The first-order valence-corrected chi connectivity index (χ1v) is 11.2. The highest BCUT2D eigenvalue weighted by Crippen LogP contribution is 2.31. The number of piperidine rings is 1. The molecule has 2 fully saturated rings. The van der Waals surface area contributed by atoms with Crippen LogP contribution >= 0.6 is 0 Å². The van der Waals surface area contributed by atoms with Crippen molar-refractivity contribution in [3.63, 3.8) is 0 Å². The molecule has 9 nitrogen and oxygen atoms in total. The van der Waals surface area contributed by atoms with Gasteiger partial charge in [-0.15, -0.1) is 0 Å². The zero-order chi connectivity index (χ0) is 22.8. The summed E-state index contributed by atoms with van der Waals surface area (Å²) in [5.41, 5.74) is 2.01. The first-order valence-electron chi connectivity index (χ1n) is 11.2. The summed E-state index contributed by atoms with van der Waals surface area (Å²) >= 11 is 0. The van der Waals surface area contributed by atoms with Crippen molar-refractivity contribution in [1.29, 1.82) is 0 Å². The highest BCUT2D eigenvalue weighted by atomic mass is 16.5. The first-order chi connectivity index (χ1) is 16.1. The number of hydrogen-bond donors (Lipinski definition) is 1. The quantitative estimate of drug-likeness (QED) is 0.636. The van der Waals surface area contributed by atoms with Gasteiger partial charge in [-0.1, -0.05) is 12.1 Å². The molecule has 2 aliphatic heterocycles. The van der Waals surface area contributed by atoms with Gasteiger partial charge >= 0.3 is 0 Å². The summed E-state index contributed by atoms with van der Waals surface area (Å²) in [5, 5.41) is 3.52.